The van der Waals surface area contributed by atoms with Gasteiger partial charge in [-0.15, -0.1) is 0 Å². The zero-order valence-corrected chi connectivity index (χ0v) is 27.8. The van der Waals surface area contributed by atoms with Crippen LogP contribution in [0.5, 0.6) is 0 Å². The molecule has 10 nitrogen and oxygen atoms in total. The third-order valence-electron chi connectivity index (χ3n) is 6.75. The highest BCUT2D eigenvalue weighted by atomic mass is 79.9. The molecule has 0 saturated heterocycles. The van der Waals surface area contributed by atoms with Crippen molar-refractivity contribution in [3.8, 4) is 0 Å². The fourth-order valence-corrected chi connectivity index (χ4v) is 8.19. The van der Waals surface area contributed by atoms with Crippen LogP contribution in [0.2, 0.25) is 0 Å². The third-order valence-corrected chi connectivity index (χ3v) is 11.4. The van der Waals surface area contributed by atoms with Gasteiger partial charge in [0.15, 0.2) is 0 Å². The van der Waals surface area contributed by atoms with E-state index < -0.39 is 25.6 Å². The molecule has 0 aliphatic heterocycles. The van der Waals surface area contributed by atoms with Gasteiger partial charge in [-0.1, -0.05) is 35.4 Å². The summed E-state index contributed by atoms with van der Waals surface area (Å²) in [6.45, 7) is 3.76. The number of aromatic nitrogens is 4. The molecule has 4 heterocycles. The van der Waals surface area contributed by atoms with E-state index in [1.165, 1.54) is 35.3 Å². The van der Waals surface area contributed by atoms with E-state index in [2.05, 4.69) is 36.8 Å². The predicted octanol–water partition coefficient (Wildman–Crippen LogP) is 5.29. The second kappa shape index (κ2) is 11.4. The Hall–Kier alpha value is -3.72. The molecule has 0 unspecified atom stereocenters. The molecule has 0 atom stereocenters. The predicted molar refractivity (Wildman–Crippen MR) is 173 cm³/mol. The Bertz CT molecular complexity index is 2350. The smallest absolute Gasteiger partial charge is 0.275 e. The number of halogens is 2. The minimum Gasteiger partial charge on any atom is -0.326 e. The second-order valence-electron chi connectivity index (χ2n) is 9.74. The molecule has 43 heavy (non-hydrogen) atoms. The Morgan fingerprint density at radius 3 is 1.58 bits per heavy atom. The summed E-state index contributed by atoms with van der Waals surface area (Å²) in [5.41, 5.74) is 1.36. The van der Waals surface area contributed by atoms with Crippen LogP contribution in [0, 0.1) is 13.8 Å². The van der Waals surface area contributed by atoms with E-state index >= 15 is 0 Å². The van der Waals surface area contributed by atoms with Gasteiger partial charge in [-0.05, 0) is 82.1 Å². The van der Waals surface area contributed by atoms with E-state index in [1.54, 1.807) is 61.8 Å². The molecule has 1 N–H and O–H groups in total. The number of benzene rings is 2. The Balaban J connectivity index is 0.000000171. The van der Waals surface area contributed by atoms with E-state index in [0.717, 1.165) is 19.1 Å². The van der Waals surface area contributed by atoms with Crippen molar-refractivity contribution in [1.29, 1.82) is 0 Å². The van der Waals surface area contributed by atoms with Crippen LogP contribution in [0.4, 0.5) is 0 Å². The van der Waals surface area contributed by atoms with E-state index in [4.69, 9.17) is 0 Å². The summed E-state index contributed by atoms with van der Waals surface area (Å²) in [6.07, 6.45) is 5.91. The van der Waals surface area contributed by atoms with Crippen LogP contribution in [0.3, 0.4) is 0 Å². The van der Waals surface area contributed by atoms with Crippen LogP contribution in [-0.2, 0) is 27.1 Å². The van der Waals surface area contributed by atoms with Crippen molar-refractivity contribution in [3.63, 3.8) is 0 Å². The minimum absolute atomic E-state index is 0.102. The second-order valence-corrected chi connectivity index (χ2v) is 15.1. The fourth-order valence-electron chi connectivity index (χ4n) is 4.43. The molecular weight excluding hydrogens is 724 g/mol. The number of hydrogen-bond acceptors (Lipinski definition) is 6. The normalized spacial score (nSPS) is 11.9. The maximum absolute atomic E-state index is 12.8. The molecule has 2 aromatic carbocycles. The summed E-state index contributed by atoms with van der Waals surface area (Å²) < 4.78 is 55.7. The molecular formula is C29H24Br2N4O6S2. The topological polar surface area (TPSA) is 133 Å². The molecule has 0 amide bonds. The van der Waals surface area contributed by atoms with Gasteiger partial charge in [-0.3, -0.25) is 9.59 Å². The quantitative estimate of drug-likeness (QED) is 0.261. The number of nitrogens with zero attached hydrogens (tertiary/aromatic N) is 3. The van der Waals surface area contributed by atoms with Gasteiger partial charge in [0, 0.05) is 51.6 Å². The Morgan fingerprint density at radius 1 is 0.651 bits per heavy atom. The first-order valence-electron chi connectivity index (χ1n) is 12.6. The average Bonchev–Trinajstić information content (AvgIpc) is 3.62. The SMILES string of the molecule is Cc1ccc(S(=O)(=O)n2ccc3c(Br)c[nH]c(=O)c32)cc1.Cc1ccc(S(=O)(=O)n2ccc3c(Br)cn(C)c(=O)c32)cc1. The lowest BCUT2D eigenvalue weighted by Gasteiger charge is -2.09. The van der Waals surface area contributed by atoms with Crippen LogP contribution < -0.4 is 11.1 Å². The van der Waals surface area contributed by atoms with Gasteiger partial charge in [0.05, 0.1) is 9.79 Å². The van der Waals surface area contributed by atoms with Crippen LogP contribution in [0.1, 0.15) is 11.1 Å². The maximum atomic E-state index is 12.8. The molecule has 0 saturated carbocycles. The zero-order chi connectivity index (χ0) is 31.3. The largest absolute Gasteiger partial charge is 0.326 e. The average molecular weight is 748 g/mol. The lowest BCUT2D eigenvalue weighted by Crippen LogP contribution is -2.22. The van der Waals surface area contributed by atoms with Gasteiger partial charge in [-0.25, -0.2) is 24.8 Å². The zero-order valence-electron chi connectivity index (χ0n) is 22.9. The van der Waals surface area contributed by atoms with Crippen LogP contribution in [0.15, 0.2) is 114 Å². The van der Waals surface area contributed by atoms with Crippen molar-refractivity contribution in [3.05, 3.63) is 126 Å². The molecule has 0 fully saturated rings. The van der Waals surface area contributed by atoms with Gasteiger partial charge in [0.1, 0.15) is 11.0 Å². The first-order valence-corrected chi connectivity index (χ1v) is 17.1. The maximum Gasteiger partial charge on any atom is 0.275 e. The first kappa shape index (κ1) is 30.7. The van der Waals surface area contributed by atoms with Crippen molar-refractivity contribution >= 4 is 73.7 Å². The summed E-state index contributed by atoms with van der Waals surface area (Å²) in [5.74, 6) is 0. The lowest BCUT2D eigenvalue weighted by molar-refractivity contribution is 0.587. The highest BCUT2D eigenvalue weighted by Crippen LogP contribution is 2.26. The fraction of sp³-hybridized carbons (Fsp3) is 0.103. The van der Waals surface area contributed by atoms with E-state index in [0.29, 0.717) is 19.7 Å². The number of rotatable bonds is 4. The summed E-state index contributed by atoms with van der Waals surface area (Å²) >= 11 is 6.66. The number of H-pyrrole nitrogens is 1. The van der Waals surface area contributed by atoms with E-state index in [-0.39, 0.29) is 26.4 Å². The Morgan fingerprint density at radius 2 is 1.09 bits per heavy atom. The van der Waals surface area contributed by atoms with E-state index in [1.807, 2.05) is 13.8 Å². The highest BCUT2D eigenvalue weighted by molar-refractivity contribution is 9.11. The van der Waals surface area contributed by atoms with Crippen molar-refractivity contribution in [1.82, 2.24) is 17.5 Å². The Labute approximate surface area is 263 Å². The van der Waals surface area contributed by atoms with Crippen LogP contribution >= 0.6 is 31.9 Å². The number of pyridine rings is 2. The first-order chi connectivity index (χ1) is 20.2. The monoisotopic (exact) mass is 746 g/mol. The third kappa shape index (κ3) is 5.55. The molecule has 0 aliphatic rings. The standard InChI is InChI=1S/C15H13BrN2O3S.C14H11BrN2O3S/c1-10-3-5-11(6-4-10)22(20,21)18-8-7-12-13(16)9-17(2)15(19)14(12)18;1-9-2-4-10(5-3-9)21(19,20)17-7-6-11-12(15)8-16-14(18)13(11)17/h3-9H,1-2H3;2-8H,1H3,(H,16,18). The number of aromatic amines is 1. The molecule has 222 valence electrons. The summed E-state index contributed by atoms with van der Waals surface area (Å²) in [7, 11) is -6.03. The van der Waals surface area contributed by atoms with Gasteiger partial charge < -0.3 is 9.55 Å². The van der Waals surface area contributed by atoms with Crippen LogP contribution in [0.25, 0.3) is 21.8 Å². The molecule has 0 bridgehead atoms. The van der Waals surface area contributed by atoms with Crippen LogP contribution in [-0.4, -0.2) is 34.3 Å². The summed E-state index contributed by atoms with van der Waals surface area (Å²) in [5, 5.41) is 1.12. The number of hydrogen-bond donors (Lipinski definition) is 1. The highest BCUT2D eigenvalue weighted by Gasteiger charge is 2.23. The number of aryl methyl sites for hydroxylation is 3. The molecule has 0 radical (unpaired) electrons. The molecule has 0 aliphatic carbocycles. The summed E-state index contributed by atoms with van der Waals surface area (Å²) in [4.78, 5) is 27.1. The van der Waals surface area contributed by atoms with Gasteiger partial charge in [-0.2, -0.15) is 0 Å². The van der Waals surface area contributed by atoms with Crippen molar-refractivity contribution in [2.75, 3.05) is 0 Å². The van der Waals surface area contributed by atoms with Crippen molar-refractivity contribution < 1.29 is 16.8 Å². The molecule has 4 aromatic heterocycles. The number of fused-ring (bicyclic) bond motifs is 2. The Kier molecular flexibility index (Phi) is 8.15. The van der Waals surface area contributed by atoms with Gasteiger partial charge >= 0.3 is 0 Å². The molecule has 14 heteroatoms. The molecule has 6 rings (SSSR count). The van der Waals surface area contributed by atoms with E-state index in [9.17, 15) is 26.4 Å². The van der Waals surface area contributed by atoms with Gasteiger partial charge in [0.2, 0.25) is 0 Å². The van der Waals surface area contributed by atoms with Gasteiger partial charge in [0.25, 0.3) is 31.2 Å². The number of nitrogens with one attached hydrogen (secondary N) is 1. The molecule has 6 aromatic rings. The van der Waals surface area contributed by atoms with Crippen molar-refractivity contribution in [2.45, 2.75) is 23.6 Å². The summed E-state index contributed by atoms with van der Waals surface area (Å²) in [6, 6.07) is 16.3. The lowest BCUT2D eigenvalue weighted by atomic mass is 10.2. The van der Waals surface area contributed by atoms with Crippen molar-refractivity contribution in [2.24, 2.45) is 7.05 Å². The molecule has 0 spiro atoms. The minimum atomic E-state index is -3.81.